The Morgan fingerprint density at radius 3 is 2.64 bits per heavy atom. The summed E-state index contributed by atoms with van der Waals surface area (Å²) in [6.07, 6.45) is 12.6. The summed E-state index contributed by atoms with van der Waals surface area (Å²) >= 11 is 3.47. The van der Waals surface area contributed by atoms with E-state index < -0.39 is 23.3 Å². The molecule has 5 heterocycles. The summed E-state index contributed by atoms with van der Waals surface area (Å²) in [7, 11) is 0. The quantitative estimate of drug-likeness (QED) is 0.360. The van der Waals surface area contributed by atoms with Crippen molar-refractivity contribution < 1.29 is 38.7 Å². The average molecular weight is 612 g/mol. The monoisotopic (exact) mass is 610 g/mol. The van der Waals surface area contributed by atoms with Gasteiger partial charge in [0.2, 0.25) is 0 Å². The summed E-state index contributed by atoms with van der Waals surface area (Å²) in [4.78, 5) is 10.8. The zero-order valence-corrected chi connectivity index (χ0v) is 24.8. The molecule has 11 atom stereocenters. The van der Waals surface area contributed by atoms with E-state index in [-0.39, 0.29) is 54.7 Å². The van der Waals surface area contributed by atoms with Gasteiger partial charge in [0.25, 0.3) is 0 Å². The first-order valence-corrected chi connectivity index (χ1v) is 15.2. The molecule has 8 nitrogen and oxygen atoms in total. The highest BCUT2D eigenvalue weighted by molar-refractivity contribution is 9.11. The molecule has 4 fully saturated rings. The molecule has 5 aliphatic rings. The van der Waals surface area contributed by atoms with E-state index in [4.69, 9.17) is 28.8 Å². The van der Waals surface area contributed by atoms with Crippen molar-refractivity contribution in [3.63, 3.8) is 0 Å². The number of carboxylic acids is 1. The Bertz CT molecular complexity index is 999. The Morgan fingerprint density at radius 2 is 1.90 bits per heavy atom. The van der Waals surface area contributed by atoms with E-state index in [1.807, 2.05) is 25.2 Å². The SMILES string of the molecule is C=C(Br)[C@H]1O[C@@](O)(C[C@@H]2C[C@H]3O[C@@]4(CC[C@]5(C=CC[C@@H](/C=C/CCC(=O)O)O5)O4)[C@H](C)C[C@H]3O2)[C@H](C)C[C@@H]1C. The van der Waals surface area contributed by atoms with E-state index in [0.29, 0.717) is 25.7 Å². The van der Waals surface area contributed by atoms with Crippen molar-refractivity contribution in [3.8, 4) is 0 Å². The molecule has 218 valence electrons. The number of carbonyl (C=O) groups is 1. The van der Waals surface area contributed by atoms with Crippen LogP contribution in [-0.4, -0.2) is 64.1 Å². The number of fused-ring (bicyclic) bond motifs is 1. The Morgan fingerprint density at radius 1 is 1.10 bits per heavy atom. The molecule has 0 bridgehead atoms. The predicted molar refractivity (Wildman–Crippen MR) is 148 cm³/mol. The van der Waals surface area contributed by atoms with Crippen LogP contribution in [0.4, 0.5) is 0 Å². The zero-order chi connectivity index (χ0) is 28.0. The van der Waals surface area contributed by atoms with Gasteiger partial charge in [-0.1, -0.05) is 61.5 Å². The van der Waals surface area contributed by atoms with E-state index in [9.17, 15) is 9.90 Å². The average Bonchev–Trinajstić information content (AvgIpc) is 3.40. The summed E-state index contributed by atoms with van der Waals surface area (Å²) in [5.74, 6) is -3.33. The smallest absolute Gasteiger partial charge is 0.303 e. The normalized spacial score (nSPS) is 47.7. The summed E-state index contributed by atoms with van der Waals surface area (Å²) in [5.41, 5.74) is 0. The summed E-state index contributed by atoms with van der Waals surface area (Å²) in [5, 5.41) is 20.4. The third-order valence-electron chi connectivity index (χ3n) is 9.27. The lowest BCUT2D eigenvalue weighted by molar-refractivity contribution is -0.355. The molecule has 0 aromatic heterocycles. The van der Waals surface area contributed by atoms with Gasteiger partial charge in [0, 0.05) is 48.4 Å². The fourth-order valence-corrected chi connectivity index (χ4v) is 7.65. The number of hydrogen-bond donors (Lipinski definition) is 2. The van der Waals surface area contributed by atoms with Crippen molar-refractivity contribution in [2.24, 2.45) is 17.8 Å². The Balaban J connectivity index is 1.21. The molecule has 39 heavy (non-hydrogen) atoms. The fraction of sp³-hybridized carbons (Fsp3) is 0.767. The standard InChI is InChI=1S/C30H43BrO8/c1-18-14-19(2)29(34,38-27(18)21(4)31)17-23-16-25-24(35-23)15-20(3)30(37-25)13-12-28(39-30)11-7-9-22(36-28)8-5-6-10-26(32)33/h5,7-8,11,18-20,22-25,27,34H,4,6,9-10,12-17H2,1-3H3,(H,32,33)/b8-5+/t18-,19+,20+,22+,23-,24+,25+,27-,28-,29-,30+/m0/s1. The van der Waals surface area contributed by atoms with Gasteiger partial charge in [0.15, 0.2) is 17.4 Å². The molecule has 9 heteroatoms. The molecule has 2 N–H and O–H groups in total. The Labute approximate surface area is 239 Å². The first-order valence-electron chi connectivity index (χ1n) is 14.4. The lowest BCUT2D eigenvalue weighted by atomic mass is 9.81. The first kappa shape index (κ1) is 29.4. The second-order valence-electron chi connectivity index (χ2n) is 12.4. The van der Waals surface area contributed by atoms with E-state index >= 15 is 0 Å². The van der Waals surface area contributed by atoms with Crippen LogP contribution in [0.3, 0.4) is 0 Å². The predicted octanol–water partition coefficient (Wildman–Crippen LogP) is 5.59. The van der Waals surface area contributed by atoms with Gasteiger partial charge in [-0.05, 0) is 37.7 Å². The third-order valence-corrected chi connectivity index (χ3v) is 9.72. The van der Waals surface area contributed by atoms with Crippen molar-refractivity contribution in [3.05, 3.63) is 35.4 Å². The second-order valence-corrected chi connectivity index (χ2v) is 13.4. The summed E-state index contributed by atoms with van der Waals surface area (Å²) in [6.45, 7) is 10.3. The number of ether oxygens (including phenoxy) is 5. The molecule has 0 saturated carbocycles. The van der Waals surface area contributed by atoms with Crippen LogP contribution in [0.15, 0.2) is 35.4 Å². The zero-order valence-electron chi connectivity index (χ0n) is 23.2. The number of carboxylic acid groups (broad SMARTS) is 1. The maximum atomic E-state index is 11.5. The number of rotatable bonds is 7. The fourth-order valence-electron chi connectivity index (χ4n) is 7.10. The highest BCUT2D eigenvalue weighted by atomic mass is 79.9. The lowest BCUT2D eigenvalue weighted by Crippen LogP contribution is -2.53. The summed E-state index contributed by atoms with van der Waals surface area (Å²) in [6, 6.07) is 0. The van der Waals surface area contributed by atoms with Crippen LogP contribution in [0.1, 0.15) is 78.6 Å². The molecule has 5 rings (SSSR count). The molecule has 4 saturated heterocycles. The molecule has 0 aliphatic carbocycles. The molecule has 0 amide bonds. The van der Waals surface area contributed by atoms with Crippen LogP contribution in [0, 0.1) is 17.8 Å². The maximum absolute atomic E-state index is 11.5. The number of hydrogen-bond acceptors (Lipinski definition) is 7. The third kappa shape index (κ3) is 6.10. The Hall–Kier alpha value is -1.07. The van der Waals surface area contributed by atoms with Crippen LogP contribution in [0.5, 0.6) is 0 Å². The molecule has 0 unspecified atom stereocenters. The van der Waals surface area contributed by atoms with Crippen molar-refractivity contribution >= 4 is 21.9 Å². The van der Waals surface area contributed by atoms with Gasteiger partial charge in [0.05, 0.1) is 30.5 Å². The maximum Gasteiger partial charge on any atom is 0.303 e. The number of aliphatic carboxylic acids is 1. The van der Waals surface area contributed by atoms with Crippen LogP contribution in [-0.2, 0) is 28.5 Å². The molecule has 2 spiro atoms. The lowest BCUT2D eigenvalue weighted by Gasteiger charge is -2.46. The minimum atomic E-state index is -1.28. The van der Waals surface area contributed by atoms with Crippen LogP contribution < -0.4 is 0 Å². The first-order chi connectivity index (χ1) is 18.4. The summed E-state index contributed by atoms with van der Waals surface area (Å²) < 4.78 is 33.2. The van der Waals surface area contributed by atoms with Crippen molar-refractivity contribution in [2.75, 3.05) is 0 Å². The van der Waals surface area contributed by atoms with Gasteiger partial charge in [0.1, 0.15) is 0 Å². The topological polar surface area (TPSA) is 104 Å². The van der Waals surface area contributed by atoms with E-state index in [1.165, 1.54) is 0 Å². The van der Waals surface area contributed by atoms with Crippen molar-refractivity contribution in [1.29, 1.82) is 0 Å². The van der Waals surface area contributed by atoms with Crippen LogP contribution in [0.25, 0.3) is 0 Å². The van der Waals surface area contributed by atoms with Crippen LogP contribution in [0.2, 0.25) is 0 Å². The van der Waals surface area contributed by atoms with Crippen LogP contribution >= 0.6 is 15.9 Å². The number of halogens is 1. The van der Waals surface area contributed by atoms with Crippen molar-refractivity contribution in [2.45, 2.75) is 126 Å². The number of allylic oxidation sites excluding steroid dienone is 1. The highest BCUT2D eigenvalue weighted by Crippen LogP contribution is 2.53. The van der Waals surface area contributed by atoms with Gasteiger partial charge in [-0.15, -0.1) is 0 Å². The molecular weight excluding hydrogens is 568 g/mol. The highest BCUT2D eigenvalue weighted by Gasteiger charge is 2.60. The molecule has 5 aliphatic heterocycles. The van der Waals surface area contributed by atoms with Gasteiger partial charge in [-0.2, -0.15) is 0 Å². The minimum Gasteiger partial charge on any atom is -0.481 e. The molecule has 0 aromatic carbocycles. The Kier molecular flexibility index (Phi) is 8.53. The minimum absolute atomic E-state index is 0.0209. The van der Waals surface area contributed by atoms with Gasteiger partial charge in [-0.3, -0.25) is 4.79 Å². The van der Waals surface area contributed by atoms with Crippen molar-refractivity contribution in [1.82, 2.24) is 0 Å². The largest absolute Gasteiger partial charge is 0.481 e. The van der Waals surface area contributed by atoms with Gasteiger partial charge >= 0.3 is 5.97 Å². The van der Waals surface area contributed by atoms with E-state index in [2.05, 4.69) is 42.4 Å². The number of aliphatic hydroxyl groups is 1. The van der Waals surface area contributed by atoms with E-state index in [0.717, 1.165) is 30.2 Å². The molecular formula is C30H43BrO8. The van der Waals surface area contributed by atoms with E-state index in [1.54, 1.807) is 0 Å². The van der Waals surface area contributed by atoms with Gasteiger partial charge in [-0.25, -0.2) is 0 Å². The second kappa shape index (κ2) is 11.3. The molecule has 0 radical (unpaired) electrons. The molecule has 0 aromatic rings. The van der Waals surface area contributed by atoms with Gasteiger partial charge < -0.3 is 33.9 Å².